The molecule has 0 aromatic heterocycles. The minimum Gasteiger partial charge on any atom is -0.393 e. The Hall–Kier alpha value is -0.380. The maximum absolute atomic E-state index is 10.4. The first-order valence-electron chi connectivity index (χ1n) is 13.9. The molecule has 0 aromatic carbocycles. The maximum Gasteiger partial charge on any atom is 0.130 e. The molecule has 3 nitrogen and oxygen atoms in total. The van der Waals surface area contributed by atoms with Crippen molar-refractivity contribution < 1.29 is 14.9 Å². The van der Waals surface area contributed by atoms with Crippen molar-refractivity contribution in [3.8, 4) is 0 Å². The molecular formula is C29H48O3. The SMILES string of the molecule is CC[C@@H](CCC(C)[C@H]1CC[C@@H]2[C@]1(C)CC[C@H]1[C@]23C=C[C@]2(C[C@@H](O)CC[C@]12C)OO3)C(C)C. The number of hydrogen-bond acceptors (Lipinski definition) is 3. The molecule has 2 aliphatic heterocycles. The van der Waals surface area contributed by atoms with E-state index in [0.717, 1.165) is 36.5 Å². The summed E-state index contributed by atoms with van der Waals surface area (Å²) in [7, 11) is 0. The number of aliphatic hydroxyl groups excluding tert-OH is 1. The normalized spacial score (nSPS) is 51.2. The molecule has 0 radical (unpaired) electrons. The highest BCUT2D eigenvalue weighted by atomic mass is 17.2. The van der Waals surface area contributed by atoms with Crippen LogP contribution in [-0.4, -0.2) is 22.4 Å². The fraction of sp³-hybridized carbons (Fsp3) is 0.931. The second-order valence-electron chi connectivity index (χ2n) is 13.4. The smallest absolute Gasteiger partial charge is 0.130 e. The molecule has 1 N–H and O–H groups in total. The summed E-state index contributed by atoms with van der Waals surface area (Å²) in [4.78, 5) is 12.8. The molecule has 1 unspecified atom stereocenters. The first kappa shape index (κ1) is 23.4. The van der Waals surface area contributed by atoms with E-state index in [1.165, 1.54) is 44.9 Å². The lowest BCUT2D eigenvalue weighted by Gasteiger charge is -2.69. The Labute approximate surface area is 196 Å². The molecule has 4 fully saturated rings. The van der Waals surface area contributed by atoms with Crippen molar-refractivity contribution in [3.63, 3.8) is 0 Å². The van der Waals surface area contributed by atoms with Gasteiger partial charge in [0.05, 0.1) is 6.10 Å². The van der Waals surface area contributed by atoms with Crippen molar-refractivity contribution in [2.45, 2.75) is 123 Å². The summed E-state index contributed by atoms with van der Waals surface area (Å²) >= 11 is 0. The van der Waals surface area contributed by atoms with Gasteiger partial charge in [0.15, 0.2) is 0 Å². The second-order valence-corrected chi connectivity index (χ2v) is 13.4. The molecule has 1 saturated heterocycles. The van der Waals surface area contributed by atoms with Gasteiger partial charge in [-0.3, -0.25) is 0 Å². The Balaban J connectivity index is 1.39. The van der Waals surface area contributed by atoms with Crippen LogP contribution in [0.25, 0.3) is 0 Å². The van der Waals surface area contributed by atoms with Gasteiger partial charge in [-0.1, -0.05) is 60.5 Å². The summed E-state index contributed by atoms with van der Waals surface area (Å²) in [5, 5.41) is 10.4. The summed E-state index contributed by atoms with van der Waals surface area (Å²) < 4.78 is 0. The Kier molecular flexibility index (Phi) is 5.71. The topological polar surface area (TPSA) is 38.7 Å². The van der Waals surface area contributed by atoms with Gasteiger partial charge in [0.1, 0.15) is 11.2 Å². The van der Waals surface area contributed by atoms with Gasteiger partial charge >= 0.3 is 0 Å². The maximum atomic E-state index is 10.4. The van der Waals surface area contributed by atoms with E-state index >= 15 is 0 Å². The monoisotopic (exact) mass is 444 g/mol. The third kappa shape index (κ3) is 3.02. The molecule has 32 heavy (non-hydrogen) atoms. The molecule has 10 atom stereocenters. The average molecular weight is 445 g/mol. The molecule has 182 valence electrons. The first-order valence-corrected chi connectivity index (χ1v) is 13.9. The Morgan fingerprint density at radius 1 is 0.938 bits per heavy atom. The number of hydrogen-bond donors (Lipinski definition) is 1. The van der Waals surface area contributed by atoms with Gasteiger partial charge in [-0.15, -0.1) is 0 Å². The third-order valence-corrected chi connectivity index (χ3v) is 11.8. The number of rotatable bonds is 6. The van der Waals surface area contributed by atoms with Gasteiger partial charge in [0, 0.05) is 23.7 Å². The zero-order chi connectivity index (χ0) is 22.9. The first-order chi connectivity index (χ1) is 15.1. The summed E-state index contributed by atoms with van der Waals surface area (Å²) in [6.45, 7) is 14.7. The fourth-order valence-corrected chi connectivity index (χ4v) is 9.76. The minimum atomic E-state index is -0.428. The van der Waals surface area contributed by atoms with Crippen molar-refractivity contribution in [2.75, 3.05) is 0 Å². The van der Waals surface area contributed by atoms with Crippen LogP contribution in [0.2, 0.25) is 0 Å². The van der Waals surface area contributed by atoms with Crippen LogP contribution in [0.3, 0.4) is 0 Å². The van der Waals surface area contributed by atoms with Crippen molar-refractivity contribution in [1.29, 1.82) is 0 Å². The van der Waals surface area contributed by atoms with Crippen molar-refractivity contribution in [3.05, 3.63) is 12.2 Å². The van der Waals surface area contributed by atoms with Crippen molar-refractivity contribution in [1.82, 2.24) is 0 Å². The second kappa shape index (κ2) is 7.82. The van der Waals surface area contributed by atoms with Crippen LogP contribution in [0.15, 0.2) is 12.2 Å². The van der Waals surface area contributed by atoms with Crippen LogP contribution in [0, 0.1) is 46.3 Å². The molecule has 3 heteroatoms. The highest BCUT2D eigenvalue weighted by Crippen LogP contribution is 2.72. The van der Waals surface area contributed by atoms with Crippen molar-refractivity contribution in [2.24, 2.45) is 46.3 Å². The van der Waals surface area contributed by atoms with E-state index in [1.54, 1.807) is 0 Å². The highest BCUT2D eigenvalue weighted by molar-refractivity contribution is 5.33. The van der Waals surface area contributed by atoms with E-state index in [0.29, 0.717) is 23.7 Å². The Morgan fingerprint density at radius 3 is 2.38 bits per heavy atom. The van der Waals surface area contributed by atoms with Crippen LogP contribution < -0.4 is 0 Å². The van der Waals surface area contributed by atoms with Crippen LogP contribution >= 0.6 is 0 Å². The van der Waals surface area contributed by atoms with E-state index in [1.807, 2.05) is 0 Å². The predicted molar refractivity (Wildman–Crippen MR) is 129 cm³/mol. The van der Waals surface area contributed by atoms with Gasteiger partial charge in [-0.2, -0.15) is 0 Å². The van der Waals surface area contributed by atoms with Crippen molar-refractivity contribution >= 4 is 0 Å². The Morgan fingerprint density at radius 2 is 1.72 bits per heavy atom. The quantitative estimate of drug-likeness (QED) is 0.351. The van der Waals surface area contributed by atoms with Gasteiger partial charge in [-0.05, 0) is 80.1 Å². The summed E-state index contributed by atoms with van der Waals surface area (Å²) in [6, 6.07) is 0. The lowest BCUT2D eigenvalue weighted by Crippen LogP contribution is -2.73. The van der Waals surface area contributed by atoms with E-state index in [4.69, 9.17) is 9.78 Å². The van der Waals surface area contributed by atoms with E-state index in [2.05, 4.69) is 53.7 Å². The summed E-state index contributed by atoms with van der Waals surface area (Å²) in [5.41, 5.74) is -0.271. The summed E-state index contributed by atoms with van der Waals surface area (Å²) in [6.07, 6.45) is 16.3. The molecule has 2 bridgehead atoms. The lowest BCUT2D eigenvalue weighted by molar-refractivity contribution is -0.497. The lowest BCUT2D eigenvalue weighted by atomic mass is 9.42. The van der Waals surface area contributed by atoms with Crippen LogP contribution in [0.1, 0.15) is 106 Å². The third-order valence-electron chi connectivity index (χ3n) is 11.8. The molecule has 0 aromatic rings. The molecule has 2 heterocycles. The average Bonchev–Trinajstić information content (AvgIpc) is 3.12. The standard InChI is InChI=1S/C29H48O3/c1-7-21(19(2)3)9-8-20(4)23-10-11-24-26(23,5)14-13-25-27(6)15-12-22(30)18-28(27)16-17-29(24,25)32-31-28/h16-17,19-25,30H,7-15,18H2,1-6H3/t20?,21-,22-,23+,24+,25+,26+,27+,28+,29-/m0/s1. The summed E-state index contributed by atoms with van der Waals surface area (Å²) in [5.74, 6) is 4.29. The van der Waals surface area contributed by atoms with Gasteiger partial charge in [-0.25, -0.2) is 9.78 Å². The van der Waals surface area contributed by atoms with E-state index in [9.17, 15) is 5.11 Å². The molecule has 3 saturated carbocycles. The zero-order valence-corrected chi connectivity index (χ0v) is 21.5. The molecule has 6 aliphatic rings. The van der Waals surface area contributed by atoms with Crippen LogP contribution in [0.4, 0.5) is 0 Å². The predicted octanol–water partition coefficient (Wildman–Crippen LogP) is 7.09. The largest absolute Gasteiger partial charge is 0.393 e. The van der Waals surface area contributed by atoms with Gasteiger partial charge < -0.3 is 5.11 Å². The molecule has 4 aliphatic carbocycles. The minimum absolute atomic E-state index is 0.0792. The molecule has 6 rings (SSSR count). The molecule has 2 spiro atoms. The fourth-order valence-electron chi connectivity index (χ4n) is 9.76. The van der Waals surface area contributed by atoms with Crippen LogP contribution in [0.5, 0.6) is 0 Å². The molecule has 0 amide bonds. The highest BCUT2D eigenvalue weighted by Gasteiger charge is 2.74. The zero-order valence-electron chi connectivity index (χ0n) is 21.5. The van der Waals surface area contributed by atoms with Gasteiger partial charge in [0.25, 0.3) is 0 Å². The Bertz CT molecular complexity index is 747. The van der Waals surface area contributed by atoms with Crippen LogP contribution in [-0.2, 0) is 9.78 Å². The number of fused-ring (bicyclic) bond motifs is 2. The molecular weight excluding hydrogens is 396 g/mol. The van der Waals surface area contributed by atoms with E-state index in [-0.39, 0.29) is 17.1 Å². The van der Waals surface area contributed by atoms with E-state index < -0.39 is 5.60 Å². The van der Waals surface area contributed by atoms with Gasteiger partial charge in [0.2, 0.25) is 0 Å². The number of aliphatic hydroxyl groups is 1.